The van der Waals surface area contributed by atoms with Crippen molar-refractivity contribution < 1.29 is 4.79 Å². The molecule has 17 heavy (non-hydrogen) atoms. The molecule has 98 valence electrons. The summed E-state index contributed by atoms with van der Waals surface area (Å²) in [6.07, 6.45) is 2.44. The van der Waals surface area contributed by atoms with Gasteiger partial charge in [0.1, 0.15) is 0 Å². The fraction of sp³-hybridized carbons (Fsp3) is 0.923. The van der Waals surface area contributed by atoms with Crippen LogP contribution in [0.25, 0.3) is 0 Å². The molecule has 2 unspecified atom stereocenters. The second-order valence-electron chi connectivity index (χ2n) is 5.73. The van der Waals surface area contributed by atoms with E-state index in [0.29, 0.717) is 11.8 Å². The van der Waals surface area contributed by atoms with Crippen LogP contribution in [-0.4, -0.2) is 50.6 Å². The van der Waals surface area contributed by atoms with Gasteiger partial charge in [-0.15, -0.1) is 0 Å². The summed E-state index contributed by atoms with van der Waals surface area (Å²) in [5.41, 5.74) is 0. The summed E-state index contributed by atoms with van der Waals surface area (Å²) in [4.78, 5) is 14.4. The van der Waals surface area contributed by atoms with Crippen molar-refractivity contribution >= 4 is 5.91 Å². The predicted octanol–water partition coefficient (Wildman–Crippen LogP) is 0.300. The van der Waals surface area contributed by atoms with Crippen LogP contribution < -0.4 is 10.6 Å². The summed E-state index contributed by atoms with van der Waals surface area (Å²) in [6, 6.07) is 0. The van der Waals surface area contributed by atoms with Crippen LogP contribution in [0.1, 0.15) is 19.8 Å². The molecular weight excluding hydrogens is 214 g/mol. The normalized spacial score (nSPS) is 31.6. The van der Waals surface area contributed by atoms with Crippen molar-refractivity contribution in [1.29, 1.82) is 0 Å². The maximum Gasteiger partial charge on any atom is 0.224 e. The first-order valence-electron chi connectivity index (χ1n) is 6.84. The zero-order valence-corrected chi connectivity index (χ0v) is 11.0. The topological polar surface area (TPSA) is 44.4 Å². The molecule has 0 aromatic rings. The Hall–Kier alpha value is -0.610. The Balaban J connectivity index is 1.69. The van der Waals surface area contributed by atoms with Crippen molar-refractivity contribution in [2.45, 2.75) is 19.8 Å². The number of rotatable bonds is 3. The van der Waals surface area contributed by atoms with E-state index < -0.39 is 0 Å². The van der Waals surface area contributed by atoms with Gasteiger partial charge in [-0.25, -0.2) is 0 Å². The molecule has 0 radical (unpaired) electrons. The largest absolute Gasteiger partial charge is 0.356 e. The van der Waals surface area contributed by atoms with Gasteiger partial charge in [-0.05, 0) is 51.4 Å². The lowest BCUT2D eigenvalue weighted by Gasteiger charge is -2.29. The van der Waals surface area contributed by atoms with Crippen molar-refractivity contribution in [3.8, 4) is 0 Å². The molecule has 0 spiro atoms. The summed E-state index contributed by atoms with van der Waals surface area (Å²) in [7, 11) is 2.17. The second-order valence-corrected chi connectivity index (χ2v) is 5.73. The van der Waals surface area contributed by atoms with Crippen LogP contribution in [0.15, 0.2) is 0 Å². The van der Waals surface area contributed by atoms with Crippen LogP contribution in [0.2, 0.25) is 0 Å². The van der Waals surface area contributed by atoms with Crippen LogP contribution in [0.3, 0.4) is 0 Å². The molecule has 0 aromatic carbocycles. The van der Waals surface area contributed by atoms with Gasteiger partial charge in [0.15, 0.2) is 0 Å². The highest BCUT2D eigenvalue weighted by molar-refractivity contribution is 5.79. The molecule has 2 aliphatic rings. The summed E-state index contributed by atoms with van der Waals surface area (Å²) in [5, 5.41) is 6.42. The van der Waals surface area contributed by atoms with Gasteiger partial charge in [-0.2, -0.15) is 0 Å². The van der Waals surface area contributed by atoms with Gasteiger partial charge in [-0.3, -0.25) is 4.79 Å². The summed E-state index contributed by atoms with van der Waals surface area (Å²) in [6.45, 7) is 7.19. The number of carbonyl (C=O) groups is 1. The second kappa shape index (κ2) is 5.83. The quantitative estimate of drug-likeness (QED) is 0.744. The third kappa shape index (κ3) is 3.42. The number of carbonyl (C=O) groups excluding carboxylic acids is 1. The van der Waals surface area contributed by atoms with Crippen LogP contribution in [0.5, 0.6) is 0 Å². The average Bonchev–Trinajstić information content (AvgIpc) is 2.74. The van der Waals surface area contributed by atoms with E-state index >= 15 is 0 Å². The molecule has 2 fully saturated rings. The van der Waals surface area contributed by atoms with Gasteiger partial charge in [0, 0.05) is 13.1 Å². The molecule has 2 rings (SSSR count). The molecule has 1 amide bonds. The molecule has 2 N–H and O–H groups in total. The standard InChI is InChI=1S/C13H25N3O/c1-10-7-14-9-12(10)13(17)15-8-11-3-5-16(2)6-4-11/h10-12,14H,3-9H2,1-2H3,(H,15,17). The van der Waals surface area contributed by atoms with E-state index in [-0.39, 0.29) is 11.8 Å². The van der Waals surface area contributed by atoms with Crippen molar-refractivity contribution in [3.05, 3.63) is 0 Å². The first-order chi connectivity index (χ1) is 8.16. The lowest BCUT2D eigenvalue weighted by Crippen LogP contribution is -2.40. The summed E-state index contributed by atoms with van der Waals surface area (Å²) >= 11 is 0. The number of amides is 1. The number of nitrogens with one attached hydrogen (secondary N) is 2. The van der Waals surface area contributed by atoms with Gasteiger partial charge in [0.25, 0.3) is 0 Å². The molecule has 0 aliphatic carbocycles. The fourth-order valence-electron chi connectivity index (χ4n) is 2.80. The Morgan fingerprint density at radius 3 is 2.65 bits per heavy atom. The zero-order chi connectivity index (χ0) is 12.3. The number of piperidine rings is 1. The molecule has 4 heteroatoms. The van der Waals surface area contributed by atoms with E-state index in [1.54, 1.807) is 0 Å². The fourth-order valence-corrected chi connectivity index (χ4v) is 2.80. The Morgan fingerprint density at radius 1 is 1.35 bits per heavy atom. The first kappa shape index (κ1) is 12.8. The van der Waals surface area contributed by atoms with Crippen molar-refractivity contribution in [3.63, 3.8) is 0 Å². The van der Waals surface area contributed by atoms with E-state index in [1.807, 2.05) is 0 Å². The van der Waals surface area contributed by atoms with Gasteiger partial charge in [0.05, 0.1) is 5.92 Å². The monoisotopic (exact) mass is 239 g/mol. The van der Waals surface area contributed by atoms with Crippen molar-refractivity contribution in [2.75, 3.05) is 39.8 Å². The molecule has 4 nitrogen and oxygen atoms in total. The Labute approximate surface area is 104 Å². The molecular formula is C13H25N3O. The molecule has 2 saturated heterocycles. The van der Waals surface area contributed by atoms with Crippen LogP contribution in [0.4, 0.5) is 0 Å². The van der Waals surface area contributed by atoms with Gasteiger partial charge in [-0.1, -0.05) is 6.92 Å². The number of hydrogen-bond acceptors (Lipinski definition) is 3. The highest BCUT2D eigenvalue weighted by Crippen LogP contribution is 2.17. The maximum absolute atomic E-state index is 12.0. The van der Waals surface area contributed by atoms with Gasteiger partial charge >= 0.3 is 0 Å². The number of likely N-dealkylation sites (tertiary alicyclic amines) is 1. The van der Waals surface area contributed by atoms with E-state index in [0.717, 1.165) is 19.6 Å². The highest BCUT2D eigenvalue weighted by atomic mass is 16.1. The number of nitrogens with zero attached hydrogens (tertiary/aromatic N) is 1. The lowest BCUT2D eigenvalue weighted by atomic mass is 9.95. The predicted molar refractivity (Wildman–Crippen MR) is 68.8 cm³/mol. The average molecular weight is 239 g/mol. The highest BCUT2D eigenvalue weighted by Gasteiger charge is 2.29. The van der Waals surface area contributed by atoms with E-state index in [2.05, 4.69) is 29.5 Å². The Kier molecular flexibility index (Phi) is 4.40. The molecule has 0 aromatic heterocycles. The molecule has 2 aliphatic heterocycles. The summed E-state index contributed by atoms with van der Waals surface area (Å²) < 4.78 is 0. The summed E-state index contributed by atoms with van der Waals surface area (Å²) in [5.74, 6) is 1.59. The van der Waals surface area contributed by atoms with E-state index in [9.17, 15) is 4.79 Å². The number of hydrogen-bond donors (Lipinski definition) is 2. The minimum atomic E-state index is 0.182. The smallest absolute Gasteiger partial charge is 0.224 e. The zero-order valence-electron chi connectivity index (χ0n) is 11.0. The minimum Gasteiger partial charge on any atom is -0.356 e. The molecule has 0 saturated carbocycles. The maximum atomic E-state index is 12.0. The first-order valence-corrected chi connectivity index (χ1v) is 6.84. The molecule has 2 atom stereocenters. The third-order valence-electron chi connectivity index (χ3n) is 4.26. The third-order valence-corrected chi connectivity index (χ3v) is 4.26. The van der Waals surface area contributed by atoms with E-state index in [1.165, 1.54) is 25.9 Å². The minimum absolute atomic E-state index is 0.182. The van der Waals surface area contributed by atoms with Crippen molar-refractivity contribution in [2.24, 2.45) is 17.8 Å². The van der Waals surface area contributed by atoms with Crippen molar-refractivity contribution in [1.82, 2.24) is 15.5 Å². The molecule has 0 bridgehead atoms. The lowest BCUT2D eigenvalue weighted by molar-refractivity contribution is -0.125. The van der Waals surface area contributed by atoms with Crippen LogP contribution in [-0.2, 0) is 4.79 Å². The van der Waals surface area contributed by atoms with E-state index in [4.69, 9.17) is 0 Å². The van der Waals surface area contributed by atoms with Gasteiger partial charge in [0.2, 0.25) is 5.91 Å². The molecule has 2 heterocycles. The van der Waals surface area contributed by atoms with Crippen LogP contribution >= 0.6 is 0 Å². The Morgan fingerprint density at radius 2 is 2.06 bits per heavy atom. The van der Waals surface area contributed by atoms with Crippen LogP contribution in [0, 0.1) is 17.8 Å². The van der Waals surface area contributed by atoms with Gasteiger partial charge < -0.3 is 15.5 Å². The SMILES string of the molecule is CC1CNCC1C(=O)NCC1CCN(C)CC1. The Bertz CT molecular complexity index is 261.